The van der Waals surface area contributed by atoms with Crippen LogP contribution in [0.5, 0.6) is 0 Å². The number of ether oxygens (including phenoxy) is 1. The summed E-state index contributed by atoms with van der Waals surface area (Å²) >= 11 is 0. The van der Waals surface area contributed by atoms with Gasteiger partial charge in [0.15, 0.2) is 0 Å². The Morgan fingerprint density at radius 2 is 1.33 bits per heavy atom. The summed E-state index contributed by atoms with van der Waals surface area (Å²) in [6.07, 6.45) is -13.5. The van der Waals surface area contributed by atoms with Crippen LogP contribution in [0.4, 0.5) is 30.7 Å². The highest BCUT2D eigenvalue weighted by atomic mass is 19.4. The highest BCUT2D eigenvalue weighted by Crippen LogP contribution is 2.47. The Morgan fingerprint density at radius 3 is 1.53 bits per heavy atom. The van der Waals surface area contributed by atoms with Gasteiger partial charge in [-0.1, -0.05) is 6.92 Å². The lowest BCUT2D eigenvalue weighted by molar-refractivity contribution is -0.417. The summed E-state index contributed by atoms with van der Waals surface area (Å²) in [5.74, 6) is -7.89. The van der Waals surface area contributed by atoms with Gasteiger partial charge in [-0.25, -0.2) is 0 Å². The third-order valence-corrected chi connectivity index (χ3v) is 1.27. The van der Waals surface area contributed by atoms with E-state index in [2.05, 4.69) is 4.74 Å². The van der Waals surface area contributed by atoms with Crippen LogP contribution in [-0.2, 0) is 9.53 Å². The van der Waals surface area contributed by atoms with Crippen LogP contribution < -0.4 is 0 Å². The predicted molar refractivity (Wildman–Crippen MR) is 32.3 cm³/mol. The summed E-state index contributed by atoms with van der Waals surface area (Å²) in [6, 6.07) is 0. The average Bonchev–Trinajstić information content (AvgIpc) is 1.99. The zero-order chi connectivity index (χ0) is 12.5. The van der Waals surface area contributed by atoms with Crippen LogP contribution >= 0.6 is 0 Å². The van der Waals surface area contributed by atoms with Gasteiger partial charge < -0.3 is 4.74 Å². The molecule has 0 spiro atoms. The van der Waals surface area contributed by atoms with E-state index in [0.29, 0.717) is 0 Å². The summed E-state index contributed by atoms with van der Waals surface area (Å²) in [4.78, 5) is 10.3. The van der Waals surface area contributed by atoms with Gasteiger partial charge in [-0.3, -0.25) is 4.79 Å². The van der Waals surface area contributed by atoms with E-state index < -0.39 is 30.6 Å². The smallest absolute Gasteiger partial charge is 0.413 e. The zero-order valence-corrected chi connectivity index (χ0v) is 7.17. The number of alkyl halides is 7. The monoisotopic (exact) mass is 242 g/mol. The van der Waals surface area contributed by atoms with Crippen molar-refractivity contribution in [2.45, 2.75) is 31.6 Å². The summed E-state index contributed by atoms with van der Waals surface area (Å²) in [7, 11) is 0. The van der Waals surface area contributed by atoms with E-state index in [1.54, 1.807) is 0 Å². The molecule has 9 heteroatoms. The van der Waals surface area contributed by atoms with Crippen molar-refractivity contribution in [1.82, 2.24) is 0 Å². The van der Waals surface area contributed by atoms with Crippen LogP contribution in [0.25, 0.3) is 0 Å². The van der Waals surface area contributed by atoms with Crippen molar-refractivity contribution >= 4 is 5.97 Å². The van der Waals surface area contributed by atoms with Crippen molar-refractivity contribution in [1.29, 1.82) is 0 Å². The van der Waals surface area contributed by atoms with Gasteiger partial charge in [0.25, 0.3) is 0 Å². The van der Waals surface area contributed by atoms with Gasteiger partial charge in [0.05, 0.1) is 0 Å². The maximum absolute atomic E-state index is 12.6. The van der Waals surface area contributed by atoms with Crippen LogP contribution in [0.2, 0.25) is 0 Å². The standard InChI is InChI=1S/C6H5F7O2/c1-2-3(14)15-4(7,5(8,9)10)6(11,12)13/h2H2,1H3. The molecule has 0 aliphatic rings. The number of hydrogen-bond acceptors (Lipinski definition) is 2. The Kier molecular flexibility index (Phi) is 3.59. The van der Waals surface area contributed by atoms with Gasteiger partial charge in [-0.05, 0) is 0 Å². The molecule has 0 aromatic carbocycles. The minimum Gasteiger partial charge on any atom is -0.413 e. The summed E-state index contributed by atoms with van der Waals surface area (Å²) in [6.45, 7) is 0.926. The SMILES string of the molecule is CCC(=O)OC(F)(C(F)(F)F)C(F)(F)F. The van der Waals surface area contributed by atoms with Crippen molar-refractivity contribution in [2.24, 2.45) is 0 Å². The largest absolute Gasteiger partial charge is 0.470 e. The lowest BCUT2D eigenvalue weighted by atomic mass is 10.3. The van der Waals surface area contributed by atoms with Crippen LogP contribution in [0.3, 0.4) is 0 Å². The normalized spacial score (nSPS) is 13.9. The van der Waals surface area contributed by atoms with E-state index in [9.17, 15) is 35.5 Å². The first-order valence-corrected chi connectivity index (χ1v) is 3.50. The number of carbonyl (C=O) groups excluding carboxylic acids is 1. The van der Waals surface area contributed by atoms with Gasteiger partial charge in [-0.2, -0.15) is 30.7 Å². The number of carbonyl (C=O) groups is 1. The fraction of sp³-hybridized carbons (Fsp3) is 0.833. The molecule has 15 heavy (non-hydrogen) atoms. The maximum Gasteiger partial charge on any atom is 0.470 e. The zero-order valence-electron chi connectivity index (χ0n) is 7.17. The highest BCUT2D eigenvalue weighted by molar-refractivity contribution is 5.69. The molecule has 0 rings (SSSR count). The number of rotatable bonds is 2. The second-order valence-electron chi connectivity index (χ2n) is 2.42. The molecule has 2 nitrogen and oxygen atoms in total. The van der Waals surface area contributed by atoms with Crippen molar-refractivity contribution in [2.75, 3.05) is 0 Å². The molecule has 0 fully saturated rings. The Labute approximate surface area is 79.0 Å². The molecule has 90 valence electrons. The summed E-state index contributed by atoms with van der Waals surface area (Å²) < 4.78 is 85.7. The van der Waals surface area contributed by atoms with Crippen LogP contribution in [0, 0.1) is 0 Å². The minimum absolute atomic E-state index is 0.808. The average molecular weight is 242 g/mol. The molecule has 0 unspecified atom stereocenters. The van der Waals surface area contributed by atoms with E-state index in [-0.39, 0.29) is 0 Å². The maximum atomic E-state index is 12.6. The van der Waals surface area contributed by atoms with Gasteiger partial charge in [0.2, 0.25) is 0 Å². The lowest BCUT2D eigenvalue weighted by Crippen LogP contribution is -2.56. The Bertz CT molecular complexity index is 227. The van der Waals surface area contributed by atoms with Crippen molar-refractivity contribution in [3.8, 4) is 0 Å². The molecular formula is C6H5F7O2. The van der Waals surface area contributed by atoms with Crippen molar-refractivity contribution < 1.29 is 40.3 Å². The van der Waals surface area contributed by atoms with Crippen LogP contribution in [-0.4, -0.2) is 24.2 Å². The molecule has 0 aliphatic carbocycles. The molecule has 0 N–H and O–H groups in total. The van der Waals surface area contributed by atoms with Gasteiger partial charge in [0, 0.05) is 6.42 Å². The number of hydrogen-bond donors (Lipinski definition) is 0. The van der Waals surface area contributed by atoms with E-state index in [1.807, 2.05) is 0 Å². The second-order valence-corrected chi connectivity index (χ2v) is 2.42. The van der Waals surface area contributed by atoms with Crippen LogP contribution in [0.1, 0.15) is 13.3 Å². The fourth-order valence-corrected chi connectivity index (χ4v) is 0.505. The molecule has 0 saturated heterocycles. The summed E-state index contributed by atoms with van der Waals surface area (Å²) in [5, 5.41) is 0. The highest BCUT2D eigenvalue weighted by Gasteiger charge is 2.76. The topological polar surface area (TPSA) is 26.3 Å². The molecule has 0 saturated carbocycles. The third kappa shape index (κ3) is 2.72. The van der Waals surface area contributed by atoms with Gasteiger partial charge in [0.1, 0.15) is 0 Å². The van der Waals surface area contributed by atoms with Gasteiger partial charge in [-0.15, -0.1) is 0 Å². The lowest BCUT2D eigenvalue weighted by Gasteiger charge is -2.28. The van der Waals surface area contributed by atoms with E-state index in [1.165, 1.54) is 0 Å². The number of esters is 1. The summed E-state index contributed by atoms with van der Waals surface area (Å²) in [5.41, 5.74) is 0. The minimum atomic E-state index is -6.36. The molecule has 0 amide bonds. The molecular weight excluding hydrogens is 237 g/mol. The van der Waals surface area contributed by atoms with Crippen LogP contribution in [0.15, 0.2) is 0 Å². The Balaban J connectivity index is 5.15. The fourth-order valence-electron chi connectivity index (χ4n) is 0.505. The van der Waals surface area contributed by atoms with Crippen molar-refractivity contribution in [3.05, 3.63) is 0 Å². The molecule has 0 atom stereocenters. The Hall–Kier alpha value is -1.02. The first-order chi connectivity index (χ1) is 6.45. The molecule has 0 aliphatic heterocycles. The quantitative estimate of drug-likeness (QED) is 0.549. The molecule has 0 bridgehead atoms. The second kappa shape index (κ2) is 3.86. The Morgan fingerprint density at radius 1 is 1.00 bits per heavy atom. The van der Waals surface area contributed by atoms with Gasteiger partial charge >= 0.3 is 24.2 Å². The van der Waals surface area contributed by atoms with E-state index >= 15 is 0 Å². The van der Waals surface area contributed by atoms with E-state index in [4.69, 9.17) is 0 Å². The number of halogens is 7. The third-order valence-electron chi connectivity index (χ3n) is 1.27. The predicted octanol–water partition coefficient (Wildman–Crippen LogP) is 2.73. The first kappa shape index (κ1) is 14.0. The van der Waals surface area contributed by atoms with Crippen molar-refractivity contribution in [3.63, 3.8) is 0 Å². The molecule has 0 radical (unpaired) electrons. The van der Waals surface area contributed by atoms with E-state index in [0.717, 1.165) is 6.92 Å². The molecule has 0 aromatic heterocycles. The molecule has 0 aromatic rings. The molecule has 0 heterocycles. The first-order valence-electron chi connectivity index (χ1n) is 3.50.